The second kappa shape index (κ2) is 7.41. The first-order chi connectivity index (χ1) is 12.9. The molecule has 2 heterocycles. The molecule has 0 unspecified atom stereocenters. The Balaban J connectivity index is 2.01. The van der Waals surface area contributed by atoms with Crippen LogP contribution in [0.3, 0.4) is 0 Å². The van der Waals surface area contributed by atoms with Gasteiger partial charge in [0.2, 0.25) is 11.3 Å². The molecule has 27 heavy (non-hydrogen) atoms. The molecule has 0 aliphatic heterocycles. The number of nitrogens with two attached hydrogens (primary N) is 1. The molecule has 7 nitrogen and oxygen atoms in total. The summed E-state index contributed by atoms with van der Waals surface area (Å²) in [5.74, 6) is -1.06. The van der Waals surface area contributed by atoms with Crippen molar-refractivity contribution in [3.63, 3.8) is 0 Å². The Morgan fingerprint density at radius 1 is 1.15 bits per heavy atom. The van der Waals surface area contributed by atoms with Crippen LogP contribution < -0.4 is 16.5 Å². The third-order valence-electron chi connectivity index (χ3n) is 4.20. The summed E-state index contributed by atoms with van der Waals surface area (Å²) in [5, 5.41) is 3.09. The largest absolute Gasteiger partial charge is 0.366 e. The fourth-order valence-corrected chi connectivity index (χ4v) is 2.85. The van der Waals surface area contributed by atoms with Crippen LogP contribution in [0.1, 0.15) is 39.8 Å². The molecule has 0 fully saturated rings. The summed E-state index contributed by atoms with van der Waals surface area (Å²) < 4.78 is 1.83. The Morgan fingerprint density at radius 2 is 1.85 bits per heavy atom. The maximum absolute atomic E-state index is 12.8. The maximum Gasteiger partial charge on any atom is 0.261 e. The average Bonchev–Trinajstić information content (AvgIpc) is 2.64. The van der Waals surface area contributed by atoms with E-state index in [-0.39, 0.29) is 11.0 Å². The van der Waals surface area contributed by atoms with E-state index in [1.165, 1.54) is 12.1 Å². The minimum Gasteiger partial charge on any atom is -0.366 e. The molecular formula is C20H20N4O3. The van der Waals surface area contributed by atoms with E-state index >= 15 is 0 Å². The van der Waals surface area contributed by atoms with E-state index in [0.29, 0.717) is 28.8 Å². The molecule has 2 amide bonds. The summed E-state index contributed by atoms with van der Waals surface area (Å²) in [6.07, 6.45) is 2.39. The molecule has 7 heteroatoms. The number of hydrogen-bond donors (Lipinski definition) is 2. The molecule has 0 spiro atoms. The molecule has 3 aromatic rings. The van der Waals surface area contributed by atoms with Gasteiger partial charge >= 0.3 is 0 Å². The van der Waals surface area contributed by atoms with Gasteiger partial charge in [0.15, 0.2) is 0 Å². The highest BCUT2D eigenvalue weighted by atomic mass is 16.2. The summed E-state index contributed by atoms with van der Waals surface area (Å²) in [7, 11) is 0. The zero-order valence-electron chi connectivity index (χ0n) is 15.2. The van der Waals surface area contributed by atoms with Gasteiger partial charge in [-0.2, -0.15) is 0 Å². The van der Waals surface area contributed by atoms with Crippen LogP contribution in [0.25, 0.3) is 11.0 Å². The van der Waals surface area contributed by atoms with Crippen molar-refractivity contribution < 1.29 is 9.59 Å². The zero-order chi connectivity index (χ0) is 19.6. The number of rotatable bonds is 5. The number of aryl methyl sites for hydroxylation is 2. The van der Waals surface area contributed by atoms with Crippen molar-refractivity contribution in [1.29, 1.82) is 0 Å². The quantitative estimate of drug-likeness (QED) is 0.725. The van der Waals surface area contributed by atoms with Crippen LogP contribution in [0.2, 0.25) is 0 Å². The van der Waals surface area contributed by atoms with Crippen molar-refractivity contribution in [1.82, 2.24) is 9.55 Å². The fourth-order valence-electron chi connectivity index (χ4n) is 2.85. The van der Waals surface area contributed by atoms with Gasteiger partial charge in [-0.1, -0.05) is 6.92 Å². The number of aromatic nitrogens is 2. The van der Waals surface area contributed by atoms with Crippen molar-refractivity contribution in [2.75, 3.05) is 5.32 Å². The number of fused-ring (bicyclic) bond motifs is 1. The topological polar surface area (TPSA) is 107 Å². The number of nitrogens with zero attached hydrogens (tertiary/aromatic N) is 2. The standard InChI is InChI=1S/C20H20N4O3/c1-3-10-24-11-16(17(25)15-9-4-12(2)22-19(15)24)20(27)23-14-7-5-13(6-8-14)18(21)26/h4-9,11H,3,10H2,1-2H3,(H2,21,26)(H,23,27). The molecule has 0 aliphatic rings. The van der Waals surface area contributed by atoms with Crippen molar-refractivity contribution in [2.24, 2.45) is 5.73 Å². The Hall–Kier alpha value is -3.48. The Kier molecular flexibility index (Phi) is 5.03. The number of nitrogens with one attached hydrogen (secondary N) is 1. The van der Waals surface area contributed by atoms with E-state index in [2.05, 4.69) is 10.3 Å². The van der Waals surface area contributed by atoms with Crippen LogP contribution >= 0.6 is 0 Å². The molecule has 0 saturated carbocycles. The number of amides is 2. The SMILES string of the molecule is CCCn1cc(C(=O)Nc2ccc(C(N)=O)cc2)c(=O)c2ccc(C)nc21. The van der Waals surface area contributed by atoms with Gasteiger partial charge in [0.25, 0.3) is 5.91 Å². The van der Waals surface area contributed by atoms with Crippen molar-refractivity contribution in [3.05, 3.63) is 69.6 Å². The minimum atomic E-state index is -0.548. The molecule has 0 radical (unpaired) electrons. The van der Waals surface area contributed by atoms with Crippen LogP contribution in [0.5, 0.6) is 0 Å². The van der Waals surface area contributed by atoms with E-state index in [0.717, 1.165) is 12.1 Å². The zero-order valence-corrected chi connectivity index (χ0v) is 15.2. The van der Waals surface area contributed by atoms with Crippen LogP contribution in [-0.2, 0) is 6.54 Å². The molecule has 0 bridgehead atoms. The third-order valence-corrected chi connectivity index (χ3v) is 4.20. The van der Waals surface area contributed by atoms with Crippen LogP contribution in [0, 0.1) is 6.92 Å². The fraction of sp³-hybridized carbons (Fsp3) is 0.200. The Bertz CT molecular complexity index is 1080. The second-order valence-corrected chi connectivity index (χ2v) is 6.28. The predicted molar refractivity (Wildman–Crippen MR) is 104 cm³/mol. The molecule has 3 N–H and O–H groups in total. The van der Waals surface area contributed by atoms with Crippen LogP contribution in [0.15, 0.2) is 47.4 Å². The van der Waals surface area contributed by atoms with Gasteiger partial charge in [0.1, 0.15) is 11.2 Å². The maximum atomic E-state index is 12.8. The number of hydrogen-bond acceptors (Lipinski definition) is 4. The second-order valence-electron chi connectivity index (χ2n) is 6.28. The van der Waals surface area contributed by atoms with E-state index in [1.807, 2.05) is 18.4 Å². The lowest BCUT2D eigenvalue weighted by Gasteiger charge is -2.12. The van der Waals surface area contributed by atoms with Gasteiger partial charge in [-0.3, -0.25) is 14.4 Å². The smallest absolute Gasteiger partial charge is 0.261 e. The van der Waals surface area contributed by atoms with E-state index < -0.39 is 11.8 Å². The van der Waals surface area contributed by atoms with Gasteiger partial charge in [-0.25, -0.2) is 4.98 Å². The van der Waals surface area contributed by atoms with Gasteiger partial charge in [0.05, 0.1) is 5.39 Å². The highest BCUT2D eigenvalue weighted by Gasteiger charge is 2.16. The first-order valence-corrected chi connectivity index (χ1v) is 8.62. The first-order valence-electron chi connectivity index (χ1n) is 8.62. The first kappa shape index (κ1) is 18.3. The van der Waals surface area contributed by atoms with E-state index in [1.54, 1.807) is 30.5 Å². The highest BCUT2D eigenvalue weighted by molar-refractivity contribution is 6.05. The lowest BCUT2D eigenvalue weighted by molar-refractivity contribution is 0.0998. The van der Waals surface area contributed by atoms with Crippen LogP contribution in [-0.4, -0.2) is 21.4 Å². The monoisotopic (exact) mass is 364 g/mol. The summed E-state index contributed by atoms with van der Waals surface area (Å²) >= 11 is 0. The molecule has 0 atom stereocenters. The molecule has 0 saturated heterocycles. The lowest BCUT2D eigenvalue weighted by atomic mass is 10.1. The molecule has 138 valence electrons. The van der Waals surface area contributed by atoms with E-state index in [4.69, 9.17) is 5.73 Å². The Labute approximate surface area is 155 Å². The van der Waals surface area contributed by atoms with Crippen molar-refractivity contribution >= 4 is 28.5 Å². The molecule has 1 aromatic carbocycles. The van der Waals surface area contributed by atoms with E-state index in [9.17, 15) is 14.4 Å². The highest BCUT2D eigenvalue weighted by Crippen LogP contribution is 2.14. The van der Waals surface area contributed by atoms with Crippen molar-refractivity contribution in [3.8, 4) is 0 Å². The number of benzene rings is 1. The Morgan fingerprint density at radius 3 is 2.48 bits per heavy atom. The number of carbonyl (C=O) groups excluding carboxylic acids is 2. The van der Waals surface area contributed by atoms with Gasteiger partial charge in [0, 0.05) is 29.7 Å². The molecule has 3 rings (SSSR count). The summed E-state index contributed by atoms with van der Waals surface area (Å²) in [6.45, 7) is 4.51. The predicted octanol–water partition coefficient (Wildman–Crippen LogP) is 2.47. The number of pyridine rings is 2. The summed E-state index contributed by atoms with van der Waals surface area (Å²) in [4.78, 5) is 41.1. The average molecular weight is 364 g/mol. The summed E-state index contributed by atoms with van der Waals surface area (Å²) in [5.41, 5.74) is 7.07. The van der Waals surface area contributed by atoms with Gasteiger partial charge < -0.3 is 15.6 Å². The van der Waals surface area contributed by atoms with Gasteiger partial charge in [-0.05, 0) is 49.7 Å². The van der Waals surface area contributed by atoms with Crippen molar-refractivity contribution in [2.45, 2.75) is 26.8 Å². The lowest BCUT2D eigenvalue weighted by Crippen LogP contribution is -2.24. The summed E-state index contributed by atoms with van der Waals surface area (Å²) in [6, 6.07) is 9.61. The number of anilines is 1. The minimum absolute atomic E-state index is 0.0422. The number of primary amides is 1. The molecule has 2 aromatic heterocycles. The third kappa shape index (κ3) is 3.72. The molecule has 0 aliphatic carbocycles. The van der Waals surface area contributed by atoms with Crippen LogP contribution in [0.4, 0.5) is 5.69 Å². The number of carbonyl (C=O) groups is 2. The molecular weight excluding hydrogens is 344 g/mol. The van der Waals surface area contributed by atoms with Gasteiger partial charge in [-0.15, -0.1) is 0 Å². The normalized spacial score (nSPS) is 10.7.